The van der Waals surface area contributed by atoms with E-state index in [0.717, 1.165) is 0 Å². The summed E-state index contributed by atoms with van der Waals surface area (Å²) in [4.78, 5) is 47.2. The first-order valence-electron chi connectivity index (χ1n) is 8.75. The molecule has 0 aliphatic heterocycles. The molecule has 2 aromatic carbocycles. The van der Waals surface area contributed by atoms with Crippen LogP contribution in [0.3, 0.4) is 0 Å². The maximum absolute atomic E-state index is 12.7. The molecular weight excluding hydrogens is 376 g/mol. The molecule has 0 spiro atoms. The van der Waals surface area contributed by atoms with Crippen molar-refractivity contribution < 1.29 is 29.4 Å². The number of carbonyl (C=O) groups excluding carboxylic acids is 2. The summed E-state index contributed by atoms with van der Waals surface area (Å²) >= 11 is 0. The SMILES string of the molecule is O=C(O)CC[C@H](NC(=O)/C(=C/c1ccccc1)NC(=O)c1ccccc1)C(=O)O. The van der Waals surface area contributed by atoms with Crippen LogP contribution in [0.1, 0.15) is 28.8 Å². The first-order chi connectivity index (χ1) is 13.9. The Morgan fingerprint density at radius 2 is 1.48 bits per heavy atom. The number of hydrogen-bond donors (Lipinski definition) is 4. The van der Waals surface area contributed by atoms with Crippen LogP contribution in [0.4, 0.5) is 0 Å². The summed E-state index contributed by atoms with van der Waals surface area (Å²) in [6, 6.07) is 15.5. The number of amides is 2. The second-order valence-corrected chi connectivity index (χ2v) is 6.09. The summed E-state index contributed by atoms with van der Waals surface area (Å²) in [7, 11) is 0. The molecule has 8 heteroatoms. The van der Waals surface area contributed by atoms with Crippen molar-refractivity contribution in [2.75, 3.05) is 0 Å². The van der Waals surface area contributed by atoms with Crippen molar-refractivity contribution in [2.45, 2.75) is 18.9 Å². The van der Waals surface area contributed by atoms with Crippen molar-refractivity contribution in [2.24, 2.45) is 0 Å². The van der Waals surface area contributed by atoms with Gasteiger partial charge in [0.1, 0.15) is 11.7 Å². The first-order valence-corrected chi connectivity index (χ1v) is 8.75. The number of rotatable bonds is 9. The molecule has 0 bridgehead atoms. The lowest BCUT2D eigenvalue weighted by molar-refractivity contribution is -0.142. The lowest BCUT2D eigenvalue weighted by Crippen LogP contribution is -2.44. The minimum atomic E-state index is -1.41. The Labute approximate surface area is 166 Å². The smallest absolute Gasteiger partial charge is 0.326 e. The van der Waals surface area contributed by atoms with Crippen molar-refractivity contribution in [3.05, 3.63) is 77.5 Å². The summed E-state index contributed by atoms with van der Waals surface area (Å²) in [5, 5.41) is 22.8. The number of benzene rings is 2. The largest absolute Gasteiger partial charge is 0.481 e. The number of nitrogens with one attached hydrogen (secondary N) is 2. The minimum absolute atomic E-state index is 0.161. The van der Waals surface area contributed by atoms with E-state index in [1.807, 2.05) is 0 Å². The van der Waals surface area contributed by atoms with E-state index in [1.165, 1.54) is 6.08 Å². The Morgan fingerprint density at radius 1 is 0.897 bits per heavy atom. The molecule has 0 saturated carbocycles. The zero-order chi connectivity index (χ0) is 21.2. The van der Waals surface area contributed by atoms with E-state index >= 15 is 0 Å². The zero-order valence-corrected chi connectivity index (χ0v) is 15.4. The van der Waals surface area contributed by atoms with Crippen LogP contribution in [0.15, 0.2) is 66.4 Å². The molecule has 150 valence electrons. The average molecular weight is 396 g/mol. The van der Waals surface area contributed by atoms with Crippen LogP contribution in [0, 0.1) is 0 Å². The highest BCUT2D eigenvalue weighted by Gasteiger charge is 2.23. The second kappa shape index (κ2) is 10.4. The van der Waals surface area contributed by atoms with Crippen LogP contribution < -0.4 is 10.6 Å². The maximum Gasteiger partial charge on any atom is 0.326 e. The van der Waals surface area contributed by atoms with Crippen LogP contribution in [0.5, 0.6) is 0 Å². The van der Waals surface area contributed by atoms with E-state index in [0.29, 0.717) is 11.1 Å². The monoisotopic (exact) mass is 396 g/mol. The molecule has 2 amide bonds. The van der Waals surface area contributed by atoms with Crippen molar-refractivity contribution in [1.82, 2.24) is 10.6 Å². The molecule has 8 nitrogen and oxygen atoms in total. The fourth-order valence-electron chi connectivity index (χ4n) is 2.42. The highest BCUT2D eigenvalue weighted by molar-refractivity contribution is 6.06. The van der Waals surface area contributed by atoms with Crippen LogP contribution in [0.25, 0.3) is 6.08 Å². The molecule has 2 aromatic rings. The van der Waals surface area contributed by atoms with Gasteiger partial charge in [-0.1, -0.05) is 48.5 Å². The van der Waals surface area contributed by atoms with Crippen LogP contribution in [0.2, 0.25) is 0 Å². The quantitative estimate of drug-likeness (QED) is 0.479. The van der Waals surface area contributed by atoms with Crippen LogP contribution in [-0.4, -0.2) is 40.0 Å². The standard InChI is InChI=1S/C21H20N2O6/c24-18(25)12-11-16(21(28)29)22-20(27)17(13-14-7-3-1-4-8-14)23-19(26)15-9-5-2-6-10-15/h1-10,13,16H,11-12H2,(H,22,27)(H,23,26)(H,24,25)(H,28,29)/b17-13-/t16-/m0/s1. The lowest BCUT2D eigenvalue weighted by Gasteiger charge is -2.16. The average Bonchev–Trinajstić information content (AvgIpc) is 2.71. The molecule has 0 heterocycles. The van der Waals surface area contributed by atoms with Gasteiger partial charge in [0.2, 0.25) is 0 Å². The van der Waals surface area contributed by atoms with Gasteiger partial charge in [-0.05, 0) is 30.2 Å². The molecule has 1 atom stereocenters. The number of carbonyl (C=O) groups is 4. The van der Waals surface area contributed by atoms with Gasteiger partial charge < -0.3 is 20.8 Å². The van der Waals surface area contributed by atoms with E-state index in [4.69, 9.17) is 5.11 Å². The molecule has 0 radical (unpaired) electrons. The van der Waals surface area contributed by atoms with Crippen molar-refractivity contribution >= 4 is 29.8 Å². The number of hydrogen-bond acceptors (Lipinski definition) is 4. The Kier molecular flexibility index (Phi) is 7.67. The zero-order valence-electron chi connectivity index (χ0n) is 15.4. The molecule has 0 aliphatic rings. The van der Waals surface area contributed by atoms with Crippen LogP contribution >= 0.6 is 0 Å². The summed E-state index contributed by atoms with van der Waals surface area (Å²) in [6.07, 6.45) is 0.694. The van der Waals surface area contributed by atoms with Crippen LogP contribution in [-0.2, 0) is 14.4 Å². The number of carboxylic acid groups (broad SMARTS) is 2. The topological polar surface area (TPSA) is 133 Å². The van der Waals surface area contributed by atoms with Gasteiger partial charge in [-0.15, -0.1) is 0 Å². The van der Waals surface area contributed by atoms with Crippen molar-refractivity contribution in [3.8, 4) is 0 Å². The summed E-state index contributed by atoms with van der Waals surface area (Å²) in [5.41, 5.74) is 0.773. The van der Waals surface area contributed by atoms with E-state index in [2.05, 4.69) is 10.6 Å². The van der Waals surface area contributed by atoms with E-state index in [9.17, 15) is 24.3 Å². The Balaban J connectivity index is 2.25. The van der Waals surface area contributed by atoms with Gasteiger partial charge in [0.15, 0.2) is 0 Å². The number of carboxylic acids is 2. The normalized spacial score (nSPS) is 11.9. The molecule has 4 N–H and O–H groups in total. The third-order valence-corrected chi connectivity index (χ3v) is 3.89. The summed E-state index contributed by atoms with van der Waals surface area (Å²) < 4.78 is 0. The van der Waals surface area contributed by atoms with Gasteiger partial charge in [-0.25, -0.2) is 4.79 Å². The van der Waals surface area contributed by atoms with E-state index < -0.39 is 36.2 Å². The fraction of sp³-hybridized carbons (Fsp3) is 0.143. The Hall–Kier alpha value is -3.94. The molecule has 29 heavy (non-hydrogen) atoms. The van der Waals surface area contributed by atoms with Gasteiger partial charge in [0, 0.05) is 12.0 Å². The van der Waals surface area contributed by atoms with Crippen molar-refractivity contribution in [1.29, 1.82) is 0 Å². The third-order valence-electron chi connectivity index (χ3n) is 3.89. The third kappa shape index (κ3) is 6.94. The molecule has 0 aliphatic carbocycles. The summed E-state index contributed by atoms with van der Waals surface area (Å²) in [5.74, 6) is -3.92. The Bertz CT molecular complexity index is 909. The Morgan fingerprint density at radius 3 is 2.03 bits per heavy atom. The molecule has 0 fully saturated rings. The predicted octanol–water partition coefficient (Wildman–Crippen LogP) is 1.89. The molecule has 0 unspecified atom stereocenters. The molecule has 0 aromatic heterocycles. The van der Waals surface area contributed by atoms with Crippen molar-refractivity contribution in [3.63, 3.8) is 0 Å². The molecular formula is C21H20N2O6. The van der Waals surface area contributed by atoms with E-state index in [-0.39, 0.29) is 12.1 Å². The lowest BCUT2D eigenvalue weighted by atomic mass is 10.1. The number of aliphatic carboxylic acids is 2. The van der Waals surface area contributed by atoms with Gasteiger partial charge in [0.05, 0.1) is 0 Å². The predicted molar refractivity (Wildman–Crippen MR) is 105 cm³/mol. The van der Waals surface area contributed by atoms with Gasteiger partial charge in [-0.2, -0.15) is 0 Å². The highest BCUT2D eigenvalue weighted by Crippen LogP contribution is 2.08. The molecule has 2 rings (SSSR count). The minimum Gasteiger partial charge on any atom is -0.481 e. The van der Waals surface area contributed by atoms with Gasteiger partial charge >= 0.3 is 11.9 Å². The van der Waals surface area contributed by atoms with E-state index in [1.54, 1.807) is 60.7 Å². The van der Waals surface area contributed by atoms with Gasteiger partial charge in [-0.3, -0.25) is 14.4 Å². The fourth-order valence-corrected chi connectivity index (χ4v) is 2.42. The second-order valence-electron chi connectivity index (χ2n) is 6.09. The van der Waals surface area contributed by atoms with Gasteiger partial charge in [0.25, 0.3) is 11.8 Å². The first kappa shape index (κ1) is 21.4. The molecule has 0 saturated heterocycles. The summed E-state index contributed by atoms with van der Waals surface area (Å²) in [6.45, 7) is 0. The highest BCUT2D eigenvalue weighted by atomic mass is 16.4. The maximum atomic E-state index is 12.7.